The van der Waals surface area contributed by atoms with Crippen molar-refractivity contribution < 1.29 is 33.2 Å². The number of benzene rings is 2. The third-order valence-corrected chi connectivity index (χ3v) is 6.21. The summed E-state index contributed by atoms with van der Waals surface area (Å²) in [6.07, 6.45) is 0. The second kappa shape index (κ2) is 16.3. The quantitative estimate of drug-likeness (QED) is 0.524. The largest absolute Gasteiger partial charge is 0.497 e. The first kappa shape index (κ1) is 29.0. The summed E-state index contributed by atoms with van der Waals surface area (Å²) in [6.45, 7) is 8.38. The molecule has 0 spiro atoms. The van der Waals surface area contributed by atoms with Gasteiger partial charge in [0.15, 0.2) is 0 Å². The first-order valence-electron chi connectivity index (χ1n) is 12.8. The molecule has 1 saturated heterocycles. The van der Waals surface area contributed by atoms with E-state index in [2.05, 4.69) is 9.80 Å². The second-order valence-corrected chi connectivity index (χ2v) is 8.83. The molecule has 1 fully saturated rings. The lowest BCUT2D eigenvalue weighted by atomic mass is 10.2. The van der Waals surface area contributed by atoms with Gasteiger partial charge >= 0.3 is 0 Å². The molecular formula is C28H42N2O7. The maximum absolute atomic E-state index is 6.06. The van der Waals surface area contributed by atoms with Crippen LogP contribution in [0.3, 0.4) is 0 Å². The Balaban J connectivity index is 1.59. The molecule has 0 aromatic heterocycles. The Morgan fingerprint density at radius 2 is 0.784 bits per heavy atom. The molecule has 1 aliphatic heterocycles. The molecule has 1 heterocycles. The van der Waals surface area contributed by atoms with Gasteiger partial charge in [0, 0.05) is 51.4 Å². The van der Waals surface area contributed by atoms with Gasteiger partial charge in [0.05, 0.1) is 68.1 Å². The summed E-state index contributed by atoms with van der Waals surface area (Å²) < 4.78 is 39.5. The monoisotopic (exact) mass is 518 g/mol. The lowest BCUT2D eigenvalue weighted by molar-refractivity contribution is 0.0310. The van der Waals surface area contributed by atoms with E-state index in [1.54, 1.807) is 28.4 Å². The minimum atomic E-state index is 0.574. The Hall–Kier alpha value is -2.56. The molecular weight excluding hydrogens is 476 g/mol. The van der Waals surface area contributed by atoms with Crippen LogP contribution < -0.4 is 18.9 Å². The number of methoxy groups -OCH3 is 4. The van der Waals surface area contributed by atoms with E-state index in [-0.39, 0.29) is 0 Å². The van der Waals surface area contributed by atoms with Gasteiger partial charge in [-0.05, 0) is 35.4 Å². The molecule has 0 aliphatic carbocycles. The Morgan fingerprint density at radius 1 is 0.486 bits per heavy atom. The van der Waals surface area contributed by atoms with Crippen LogP contribution in [-0.4, -0.2) is 104 Å². The molecule has 0 bridgehead atoms. The van der Waals surface area contributed by atoms with E-state index in [1.807, 2.05) is 36.4 Å². The van der Waals surface area contributed by atoms with Crippen molar-refractivity contribution in [2.24, 2.45) is 0 Å². The molecule has 2 aromatic rings. The zero-order chi connectivity index (χ0) is 26.3. The highest BCUT2D eigenvalue weighted by Crippen LogP contribution is 2.24. The van der Waals surface area contributed by atoms with E-state index < -0.39 is 0 Å². The summed E-state index contributed by atoms with van der Waals surface area (Å²) >= 11 is 0. The summed E-state index contributed by atoms with van der Waals surface area (Å²) in [4.78, 5) is 4.66. The Kier molecular flexibility index (Phi) is 12.8. The summed E-state index contributed by atoms with van der Waals surface area (Å²) in [5.41, 5.74) is 2.25. The van der Waals surface area contributed by atoms with Crippen molar-refractivity contribution in [2.75, 3.05) is 94.3 Å². The second-order valence-electron chi connectivity index (χ2n) is 8.83. The van der Waals surface area contributed by atoms with Gasteiger partial charge < -0.3 is 33.2 Å². The van der Waals surface area contributed by atoms with Gasteiger partial charge in [-0.3, -0.25) is 9.80 Å². The molecule has 37 heavy (non-hydrogen) atoms. The van der Waals surface area contributed by atoms with Gasteiger partial charge in [-0.2, -0.15) is 0 Å². The summed E-state index contributed by atoms with van der Waals surface area (Å²) in [6, 6.07) is 11.9. The van der Waals surface area contributed by atoms with Gasteiger partial charge in [-0.15, -0.1) is 0 Å². The zero-order valence-electron chi connectivity index (χ0n) is 22.7. The van der Waals surface area contributed by atoms with E-state index in [0.29, 0.717) is 39.6 Å². The first-order valence-corrected chi connectivity index (χ1v) is 12.8. The van der Waals surface area contributed by atoms with E-state index in [0.717, 1.165) is 73.4 Å². The van der Waals surface area contributed by atoms with E-state index >= 15 is 0 Å². The molecule has 0 N–H and O–H groups in total. The fourth-order valence-electron chi connectivity index (χ4n) is 4.17. The van der Waals surface area contributed by atoms with Crippen molar-refractivity contribution in [1.82, 2.24) is 9.80 Å². The van der Waals surface area contributed by atoms with Crippen LogP contribution >= 0.6 is 0 Å². The van der Waals surface area contributed by atoms with Crippen LogP contribution in [0.1, 0.15) is 11.1 Å². The van der Waals surface area contributed by atoms with Crippen molar-refractivity contribution in [3.05, 3.63) is 47.5 Å². The van der Waals surface area contributed by atoms with Crippen molar-refractivity contribution in [1.29, 1.82) is 0 Å². The van der Waals surface area contributed by atoms with Crippen LogP contribution in [0.5, 0.6) is 23.0 Å². The van der Waals surface area contributed by atoms with Crippen molar-refractivity contribution >= 4 is 0 Å². The van der Waals surface area contributed by atoms with Crippen molar-refractivity contribution in [3.8, 4) is 23.0 Å². The van der Waals surface area contributed by atoms with Gasteiger partial charge in [-0.1, -0.05) is 0 Å². The average Bonchev–Trinajstić information content (AvgIpc) is 2.93. The fraction of sp³-hybridized carbons (Fsp3) is 0.571. The molecule has 1 aliphatic rings. The van der Waals surface area contributed by atoms with Crippen LogP contribution in [-0.2, 0) is 27.3 Å². The molecule has 9 nitrogen and oxygen atoms in total. The smallest absolute Gasteiger partial charge is 0.122 e. The van der Waals surface area contributed by atoms with Gasteiger partial charge in [0.1, 0.15) is 23.0 Å². The number of ether oxygens (including phenoxy) is 7. The third kappa shape index (κ3) is 10.4. The Labute approximate surface area is 221 Å². The predicted molar refractivity (Wildman–Crippen MR) is 142 cm³/mol. The summed E-state index contributed by atoms with van der Waals surface area (Å²) in [5.74, 6) is 3.13. The predicted octanol–water partition coefficient (Wildman–Crippen LogP) is 3.09. The van der Waals surface area contributed by atoms with E-state index in [9.17, 15) is 0 Å². The molecule has 0 saturated carbocycles. The molecule has 3 rings (SSSR count). The first-order chi connectivity index (χ1) is 18.1. The van der Waals surface area contributed by atoms with Crippen LogP contribution in [0.25, 0.3) is 0 Å². The SMILES string of the molecule is COc1cc(CN2CCOCCOCCN(Cc3cc(OC)cc(OC)c3)CCOCC2)cc(OC)c1. The highest BCUT2D eigenvalue weighted by Gasteiger charge is 2.12. The number of hydrogen-bond acceptors (Lipinski definition) is 9. The normalized spacial score (nSPS) is 17.4. The number of nitrogens with zero attached hydrogens (tertiary/aromatic N) is 2. The van der Waals surface area contributed by atoms with Crippen LogP contribution in [0, 0.1) is 0 Å². The molecule has 2 aromatic carbocycles. The van der Waals surface area contributed by atoms with Gasteiger partial charge in [-0.25, -0.2) is 0 Å². The fourth-order valence-corrected chi connectivity index (χ4v) is 4.17. The molecule has 206 valence electrons. The third-order valence-electron chi connectivity index (χ3n) is 6.21. The van der Waals surface area contributed by atoms with Crippen molar-refractivity contribution in [2.45, 2.75) is 13.1 Å². The minimum absolute atomic E-state index is 0.574. The number of hydrogen-bond donors (Lipinski definition) is 0. The highest BCUT2D eigenvalue weighted by atomic mass is 16.5. The number of rotatable bonds is 8. The van der Waals surface area contributed by atoms with Gasteiger partial charge in [0.25, 0.3) is 0 Å². The Bertz CT molecular complexity index is 809. The molecule has 0 amide bonds. The standard InChI is InChI=1S/C28H42N2O7/c1-31-25-15-23(16-26(19-25)32-2)21-29-5-9-35-10-6-30(8-12-37-14-13-36-11-7-29)22-24-17-27(33-3)20-28(18-24)34-4/h15-20H,5-14,21-22H2,1-4H3. The molecule has 0 unspecified atom stereocenters. The molecule has 0 atom stereocenters. The van der Waals surface area contributed by atoms with Gasteiger partial charge in [0.2, 0.25) is 0 Å². The minimum Gasteiger partial charge on any atom is -0.497 e. The highest BCUT2D eigenvalue weighted by molar-refractivity contribution is 5.39. The topological polar surface area (TPSA) is 71.1 Å². The lowest BCUT2D eigenvalue weighted by Gasteiger charge is -2.24. The molecule has 0 radical (unpaired) electrons. The summed E-state index contributed by atoms with van der Waals surface area (Å²) in [7, 11) is 6.67. The van der Waals surface area contributed by atoms with Crippen molar-refractivity contribution in [3.63, 3.8) is 0 Å². The maximum atomic E-state index is 6.06. The van der Waals surface area contributed by atoms with E-state index in [4.69, 9.17) is 33.2 Å². The average molecular weight is 519 g/mol. The van der Waals surface area contributed by atoms with E-state index in [1.165, 1.54) is 0 Å². The zero-order valence-corrected chi connectivity index (χ0v) is 22.7. The van der Waals surface area contributed by atoms with Crippen LogP contribution in [0.2, 0.25) is 0 Å². The Morgan fingerprint density at radius 3 is 1.08 bits per heavy atom. The lowest BCUT2D eigenvalue weighted by Crippen LogP contribution is -2.32. The summed E-state index contributed by atoms with van der Waals surface area (Å²) in [5, 5.41) is 0. The van der Waals surface area contributed by atoms with Crippen LogP contribution in [0.15, 0.2) is 36.4 Å². The maximum Gasteiger partial charge on any atom is 0.122 e. The van der Waals surface area contributed by atoms with Crippen LogP contribution in [0.4, 0.5) is 0 Å². The molecule has 9 heteroatoms.